The van der Waals surface area contributed by atoms with Crippen molar-refractivity contribution in [1.82, 2.24) is 25.5 Å². The Kier molecular flexibility index (Phi) is 6.77. The number of pyridine rings is 1. The van der Waals surface area contributed by atoms with E-state index in [9.17, 15) is 22.8 Å². The number of nitrogens with zero attached hydrogens (tertiary/aromatic N) is 4. The van der Waals surface area contributed by atoms with Crippen molar-refractivity contribution >= 4 is 51.4 Å². The van der Waals surface area contributed by atoms with Gasteiger partial charge in [-0.3, -0.25) is 19.9 Å². The maximum atomic E-state index is 13.2. The molecule has 2 aromatic heterocycles. The number of ether oxygens (including phenoxy) is 1. The van der Waals surface area contributed by atoms with Crippen LogP contribution in [0.15, 0.2) is 54.7 Å². The number of hydrogen-bond donors (Lipinski definition) is 2. The molecule has 9 nitrogen and oxygen atoms in total. The summed E-state index contributed by atoms with van der Waals surface area (Å²) in [4.78, 5) is 32.6. The van der Waals surface area contributed by atoms with Crippen molar-refractivity contribution in [1.29, 1.82) is 0 Å². The molecule has 0 aliphatic rings. The maximum Gasteiger partial charge on any atom is 0.417 e. The number of anilines is 1. The Labute approximate surface area is 209 Å². The normalized spacial score (nSPS) is 11.2. The van der Waals surface area contributed by atoms with Gasteiger partial charge < -0.3 is 10.1 Å². The Morgan fingerprint density at radius 1 is 0.971 bits per heavy atom. The highest BCUT2D eigenvalue weighted by Gasteiger charge is 2.34. The highest BCUT2D eigenvalue weighted by atomic mass is 127. The van der Waals surface area contributed by atoms with Crippen LogP contribution in [0.1, 0.15) is 26.4 Å². The largest absolute Gasteiger partial charge is 0.457 e. The van der Waals surface area contributed by atoms with Crippen LogP contribution in [0.2, 0.25) is 0 Å². The Balaban J connectivity index is 1.57. The molecule has 0 radical (unpaired) electrons. The first-order chi connectivity index (χ1) is 16.7. The van der Waals surface area contributed by atoms with E-state index < -0.39 is 17.6 Å². The molecule has 0 fully saturated rings. The van der Waals surface area contributed by atoms with Gasteiger partial charge in [-0.15, -0.1) is 10.2 Å². The Morgan fingerprint density at radius 3 is 2.49 bits per heavy atom. The number of amides is 2. The number of halogens is 4. The van der Waals surface area contributed by atoms with Gasteiger partial charge in [-0.05, 0) is 52.9 Å². The second-order valence-electron chi connectivity index (χ2n) is 6.96. The van der Waals surface area contributed by atoms with E-state index in [4.69, 9.17) is 4.74 Å². The van der Waals surface area contributed by atoms with Gasteiger partial charge in [0.05, 0.1) is 16.6 Å². The molecule has 0 saturated carbocycles. The van der Waals surface area contributed by atoms with E-state index in [1.165, 1.54) is 54.0 Å². The van der Waals surface area contributed by atoms with Gasteiger partial charge in [0, 0.05) is 28.9 Å². The zero-order valence-corrected chi connectivity index (χ0v) is 19.9. The van der Waals surface area contributed by atoms with Gasteiger partial charge in [0.25, 0.3) is 11.8 Å². The highest BCUT2D eigenvalue weighted by Crippen LogP contribution is 2.34. The van der Waals surface area contributed by atoms with E-state index in [2.05, 4.69) is 30.8 Å². The first-order valence-corrected chi connectivity index (χ1v) is 10.9. The first kappa shape index (κ1) is 24.3. The Hall–Kier alpha value is -3.88. The minimum atomic E-state index is -4.60. The molecule has 2 heterocycles. The van der Waals surface area contributed by atoms with Crippen molar-refractivity contribution < 1.29 is 27.5 Å². The fourth-order valence-corrected chi connectivity index (χ4v) is 3.90. The molecule has 2 aromatic carbocycles. The SMILES string of the molecule is CNC(=O)c1cc(Oc2ccc3nnc(NC(=O)c4cccc(C(F)(F)F)c4I)nc3c2)ccn1. The number of rotatable bonds is 5. The summed E-state index contributed by atoms with van der Waals surface area (Å²) in [7, 11) is 1.48. The predicted molar refractivity (Wildman–Crippen MR) is 127 cm³/mol. The molecule has 35 heavy (non-hydrogen) atoms. The van der Waals surface area contributed by atoms with Crippen LogP contribution >= 0.6 is 22.6 Å². The summed E-state index contributed by atoms with van der Waals surface area (Å²) < 4.78 is 45.0. The summed E-state index contributed by atoms with van der Waals surface area (Å²) in [6.45, 7) is 0. The fourth-order valence-electron chi connectivity index (χ4n) is 2.99. The second kappa shape index (κ2) is 9.77. The molecule has 0 saturated heterocycles. The molecule has 2 N–H and O–H groups in total. The summed E-state index contributed by atoms with van der Waals surface area (Å²) in [5.74, 6) is -0.669. The average Bonchev–Trinajstić information content (AvgIpc) is 2.82. The molecular formula is C22H14F3IN6O3. The lowest BCUT2D eigenvalue weighted by molar-refractivity contribution is -0.138. The fraction of sp³-hybridized carbons (Fsp3) is 0.0909. The molecule has 13 heteroatoms. The number of alkyl halides is 3. The molecule has 4 rings (SSSR count). The van der Waals surface area contributed by atoms with E-state index in [-0.39, 0.29) is 26.7 Å². The van der Waals surface area contributed by atoms with Crippen molar-refractivity contribution in [3.05, 3.63) is 75.1 Å². The van der Waals surface area contributed by atoms with E-state index in [0.29, 0.717) is 22.5 Å². The Morgan fingerprint density at radius 2 is 1.74 bits per heavy atom. The van der Waals surface area contributed by atoms with Crippen LogP contribution in [0.25, 0.3) is 11.0 Å². The molecular weight excluding hydrogens is 580 g/mol. The number of hydrogen-bond acceptors (Lipinski definition) is 7. The van der Waals surface area contributed by atoms with Gasteiger partial charge >= 0.3 is 6.18 Å². The Bertz CT molecular complexity index is 1450. The van der Waals surface area contributed by atoms with Crippen LogP contribution in [-0.4, -0.2) is 39.0 Å². The smallest absolute Gasteiger partial charge is 0.417 e. The van der Waals surface area contributed by atoms with Crippen molar-refractivity contribution in [2.24, 2.45) is 0 Å². The van der Waals surface area contributed by atoms with Gasteiger partial charge in [0.15, 0.2) is 0 Å². The van der Waals surface area contributed by atoms with Crippen LogP contribution in [-0.2, 0) is 6.18 Å². The minimum Gasteiger partial charge on any atom is -0.457 e. The second-order valence-corrected chi connectivity index (χ2v) is 8.04. The van der Waals surface area contributed by atoms with Crippen LogP contribution in [0.3, 0.4) is 0 Å². The van der Waals surface area contributed by atoms with Crippen LogP contribution in [0.5, 0.6) is 11.5 Å². The molecule has 0 aliphatic heterocycles. The molecule has 178 valence electrons. The molecule has 0 spiro atoms. The number of benzene rings is 2. The zero-order valence-electron chi connectivity index (χ0n) is 17.7. The number of fused-ring (bicyclic) bond motifs is 1. The topological polar surface area (TPSA) is 119 Å². The molecule has 0 bridgehead atoms. The number of carbonyl (C=O) groups is 2. The van der Waals surface area contributed by atoms with E-state index >= 15 is 0 Å². The van der Waals surface area contributed by atoms with Crippen LogP contribution < -0.4 is 15.4 Å². The lowest BCUT2D eigenvalue weighted by Crippen LogP contribution is -2.18. The monoisotopic (exact) mass is 594 g/mol. The van der Waals surface area contributed by atoms with Crippen LogP contribution in [0, 0.1) is 3.57 Å². The molecule has 4 aromatic rings. The van der Waals surface area contributed by atoms with Crippen LogP contribution in [0.4, 0.5) is 19.1 Å². The standard InChI is InChI=1S/C22H14F3IN6O3/c1-27-20(34)17-10-12(7-8-28-17)35-11-5-6-15-16(9-11)29-21(32-31-15)30-19(33)13-3-2-4-14(18(13)26)22(23,24)25/h2-10H,1H3,(H,27,34)(H,29,30,32,33). The van der Waals surface area contributed by atoms with Crippen molar-refractivity contribution in [2.75, 3.05) is 12.4 Å². The molecule has 2 amide bonds. The summed E-state index contributed by atoms with van der Waals surface area (Å²) in [6.07, 6.45) is -3.17. The van der Waals surface area contributed by atoms with Crippen molar-refractivity contribution in [3.63, 3.8) is 0 Å². The zero-order chi connectivity index (χ0) is 25.2. The summed E-state index contributed by atoms with van der Waals surface area (Å²) >= 11 is 1.48. The quantitative estimate of drug-likeness (QED) is 0.328. The predicted octanol–water partition coefficient (Wildman–Crippen LogP) is 4.45. The molecule has 0 atom stereocenters. The van der Waals surface area contributed by atoms with Gasteiger partial charge in [-0.2, -0.15) is 13.2 Å². The van der Waals surface area contributed by atoms with Gasteiger partial charge in [-0.25, -0.2) is 4.98 Å². The summed E-state index contributed by atoms with van der Waals surface area (Å²) in [5, 5.41) is 12.6. The number of carbonyl (C=O) groups excluding carboxylic acids is 2. The van der Waals surface area contributed by atoms with Crippen molar-refractivity contribution in [2.45, 2.75) is 6.18 Å². The minimum absolute atomic E-state index is 0.170. The number of nitrogens with one attached hydrogen (secondary N) is 2. The molecule has 0 aliphatic carbocycles. The lowest BCUT2D eigenvalue weighted by atomic mass is 10.1. The van der Waals surface area contributed by atoms with E-state index in [1.807, 2.05) is 0 Å². The summed E-state index contributed by atoms with van der Waals surface area (Å²) in [6, 6.07) is 11.1. The first-order valence-electron chi connectivity index (χ1n) is 9.83. The summed E-state index contributed by atoms with van der Waals surface area (Å²) in [5.41, 5.74) is -0.215. The van der Waals surface area contributed by atoms with E-state index in [0.717, 1.165) is 12.1 Å². The van der Waals surface area contributed by atoms with E-state index in [1.54, 1.807) is 18.2 Å². The highest BCUT2D eigenvalue weighted by molar-refractivity contribution is 14.1. The lowest BCUT2D eigenvalue weighted by Gasteiger charge is -2.12. The third kappa shape index (κ3) is 5.45. The maximum absolute atomic E-state index is 13.2. The average molecular weight is 594 g/mol. The third-order valence-electron chi connectivity index (χ3n) is 4.63. The number of aromatic nitrogens is 4. The third-order valence-corrected chi connectivity index (χ3v) is 5.79. The molecule has 0 unspecified atom stereocenters. The van der Waals surface area contributed by atoms with Gasteiger partial charge in [0.1, 0.15) is 22.7 Å². The van der Waals surface area contributed by atoms with Gasteiger partial charge in [0.2, 0.25) is 5.95 Å². The van der Waals surface area contributed by atoms with Gasteiger partial charge in [-0.1, -0.05) is 6.07 Å². The van der Waals surface area contributed by atoms with Crippen molar-refractivity contribution in [3.8, 4) is 11.5 Å².